The van der Waals surface area contributed by atoms with Gasteiger partial charge in [-0.25, -0.2) is 0 Å². The Balaban J connectivity index is 2.70. The molecule has 0 fully saturated rings. The summed E-state index contributed by atoms with van der Waals surface area (Å²) in [6, 6.07) is 10.6. The van der Waals surface area contributed by atoms with E-state index in [1.807, 2.05) is 13.8 Å². The van der Waals surface area contributed by atoms with Gasteiger partial charge in [-0.15, -0.1) is 0 Å². The molecule has 1 aromatic rings. The number of hydrogen-bond donors (Lipinski definition) is 0. The Bertz CT molecular complexity index is 348. The highest BCUT2D eigenvalue weighted by Crippen LogP contribution is 2.43. The lowest BCUT2D eigenvalue weighted by atomic mass is 10.4. The molecule has 0 aliphatic carbocycles. The maximum atomic E-state index is 5.50. The Hall–Kier alpha value is -0.560. The van der Waals surface area contributed by atoms with Crippen LogP contribution in [0.1, 0.15) is 13.8 Å². The van der Waals surface area contributed by atoms with Crippen LogP contribution in [-0.4, -0.2) is 45.1 Å². The molecule has 2 nitrogen and oxygen atoms in total. The van der Waals surface area contributed by atoms with Gasteiger partial charge in [0, 0.05) is 13.2 Å². The molecule has 0 radical (unpaired) electrons. The monoisotopic (exact) mass is 268 g/mol. The fourth-order valence-electron chi connectivity index (χ4n) is 1.88. The van der Waals surface area contributed by atoms with Gasteiger partial charge in [-0.2, -0.15) is 0 Å². The van der Waals surface area contributed by atoms with E-state index in [4.69, 9.17) is 9.47 Å². The SMILES string of the molecule is C=P(CCOCC)(CCOCC)c1ccccc1. The first-order valence-corrected chi connectivity index (χ1v) is 9.00. The number of rotatable bonds is 9. The van der Waals surface area contributed by atoms with Crippen molar-refractivity contribution in [2.45, 2.75) is 13.8 Å². The smallest absolute Gasteiger partial charge is 0.0507 e. The maximum Gasteiger partial charge on any atom is 0.0507 e. The molecule has 1 aromatic carbocycles. The molecule has 0 aliphatic rings. The Morgan fingerprint density at radius 1 is 0.944 bits per heavy atom. The van der Waals surface area contributed by atoms with Crippen LogP contribution < -0.4 is 5.30 Å². The fraction of sp³-hybridized carbons (Fsp3) is 0.533. The molecule has 0 saturated carbocycles. The zero-order valence-corrected chi connectivity index (χ0v) is 12.5. The molecule has 0 atom stereocenters. The molecule has 0 bridgehead atoms. The first kappa shape index (κ1) is 15.5. The van der Waals surface area contributed by atoms with Crippen molar-refractivity contribution in [2.24, 2.45) is 0 Å². The van der Waals surface area contributed by atoms with Crippen LogP contribution in [0, 0.1) is 0 Å². The van der Waals surface area contributed by atoms with Gasteiger partial charge in [-0.05, 0) is 31.5 Å². The zero-order valence-electron chi connectivity index (χ0n) is 11.6. The molecule has 0 amide bonds. The molecule has 0 N–H and O–H groups in total. The highest BCUT2D eigenvalue weighted by Gasteiger charge is 2.16. The molecule has 0 heterocycles. The predicted octanol–water partition coefficient (Wildman–Crippen LogP) is 2.83. The van der Waals surface area contributed by atoms with E-state index < -0.39 is 6.89 Å². The van der Waals surface area contributed by atoms with Crippen molar-refractivity contribution in [3.05, 3.63) is 30.3 Å². The Labute approximate surface area is 111 Å². The van der Waals surface area contributed by atoms with Gasteiger partial charge < -0.3 is 9.47 Å². The molecular formula is C15H25O2P. The minimum absolute atomic E-state index is 0.778. The summed E-state index contributed by atoms with van der Waals surface area (Å²) < 4.78 is 11.0. The quantitative estimate of drug-likeness (QED) is 0.506. The number of benzene rings is 1. The van der Waals surface area contributed by atoms with Crippen molar-refractivity contribution < 1.29 is 9.47 Å². The second-order valence-electron chi connectivity index (χ2n) is 4.32. The molecule has 0 saturated heterocycles. The molecule has 18 heavy (non-hydrogen) atoms. The van der Waals surface area contributed by atoms with Gasteiger partial charge >= 0.3 is 0 Å². The van der Waals surface area contributed by atoms with Crippen molar-refractivity contribution in [2.75, 3.05) is 38.8 Å². The molecule has 0 aliphatic heterocycles. The van der Waals surface area contributed by atoms with Crippen LogP contribution in [0.25, 0.3) is 0 Å². The van der Waals surface area contributed by atoms with Crippen LogP contribution in [0.4, 0.5) is 0 Å². The predicted molar refractivity (Wildman–Crippen MR) is 82.8 cm³/mol. The highest BCUT2D eigenvalue weighted by molar-refractivity contribution is 7.80. The lowest BCUT2D eigenvalue weighted by Crippen LogP contribution is -2.17. The summed E-state index contributed by atoms with van der Waals surface area (Å²) in [6.07, 6.45) is 6.61. The van der Waals surface area contributed by atoms with Crippen molar-refractivity contribution in [3.63, 3.8) is 0 Å². The number of ether oxygens (including phenoxy) is 2. The van der Waals surface area contributed by atoms with Crippen LogP contribution in [0.15, 0.2) is 30.3 Å². The molecule has 102 valence electrons. The summed E-state index contributed by atoms with van der Waals surface area (Å²) in [5.41, 5.74) is 0. The van der Waals surface area contributed by atoms with E-state index >= 15 is 0 Å². The third kappa shape index (κ3) is 4.97. The molecule has 0 unspecified atom stereocenters. The van der Waals surface area contributed by atoms with Gasteiger partial charge in [-0.3, -0.25) is 0 Å². The molecule has 0 spiro atoms. The Morgan fingerprint density at radius 2 is 1.44 bits per heavy atom. The van der Waals surface area contributed by atoms with Crippen LogP contribution in [0.3, 0.4) is 0 Å². The minimum Gasteiger partial charge on any atom is -0.381 e. The summed E-state index contributed by atoms with van der Waals surface area (Å²) in [7, 11) is 0. The lowest BCUT2D eigenvalue weighted by molar-refractivity contribution is 0.160. The molecule has 3 heteroatoms. The average Bonchev–Trinajstić information content (AvgIpc) is 2.40. The van der Waals surface area contributed by atoms with E-state index in [9.17, 15) is 0 Å². The van der Waals surface area contributed by atoms with Crippen LogP contribution in [0.5, 0.6) is 0 Å². The molecule has 1 rings (SSSR count). The standard InChI is InChI=1S/C15H25O2P/c1-4-16-11-13-18(3,14-12-17-5-2)15-9-7-6-8-10-15/h6-10H,3-5,11-14H2,1-2H3. The molecule has 0 aromatic heterocycles. The van der Waals surface area contributed by atoms with Gasteiger partial charge in [0.1, 0.15) is 0 Å². The second-order valence-corrected chi connectivity index (χ2v) is 8.02. The first-order chi connectivity index (χ1) is 8.73. The average molecular weight is 268 g/mol. The van der Waals surface area contributed by atoms with Crippen molar-refractivity contribution in [1.29, 1.82) is 0 Å². The van der Waals surface area contributed by atoms with E-state index in [0.29, 0.717) is 0 Å². The third-order valence-electron chi connectivity index (χ3n) is 3.04. The zero-order chi connectivity index (χ0) is 13.3. The number of hydrogen-bond acceptors (Lipinski definition) is 2. The largest absolute Gasteiger partial charge is 0.381 e. The minimum atomic E-state index is -1.38. The van der Waals surface area contributed by atoms with E-state index in [1.54, 1.807) is 0 Å². The van der Waals surface area contributed by atoms with Crippen molar-refractivity contribution in [3.8, 4) is 0 Å². The van der Waals surface area contributed by atoms with E-state index in [1.165, 1.54) is 5.30 Å². The van der Waals surface area contributed by atoms with Crippen LogP contribution in [0.2, 0.25) is 0 Å². The van der Waals surface area contributed by atoms with E-state index in [0.717, 1.165) is 38.8 Å². The summed E-state index contributed by atoms with van der Waals surface area (Å²) >= 11 is 0. The van der Waals surface area contributed by atoms with Gasteiger partial charge in [0.15, 0.2) is 0 Å². The first-order valence-electron chi connectivity index (χ1n) is 6.65. The van der Waals surface area contributed by atoms with Crippen molar-refractivity contribution in [1.82, 2.24) is 0 Å². The second kappa shape index (κ2) is 8.53. The fourth-order valence-corrected chi connectivity index (χ4v) is 4.38. The van der Waals surface area contributed by atoms with Gasteiger partial charge in [0.2, 0.25) is 0 Å². The van der Waals surface area contributed by atoms with Crippen molar-refractivity contribution >= 4 is 18.5 Å². The third-order valence-corrected chi connectivity index (χ3v) is 6.51. The highest BCUT2D eigenvalue weighted by atomic mass is 31.2. The summed E-state index contributed by atoms with van der Waals surface area (Å²) in [5.74, 6) is 0. The van der Waals surface area contributed by atoms with Gasteiger partial charge in [0.25, 0.3) is 0 Å². The molecular weight excluding hydrogens is 243 g/mol. The van der Waals surface area contributed by atoms with Crippen LogP contribution >= 0.6 is 6.89 Å². The van der Waals surface area contributed by atoms with Gasteiger partial charge in [-0.1, -0.05) is 43.5 Å². The lowest BCUT2D eigenvalue weighted by Gasteiger charge is -2.25. The van der Waals surface area contributed by atoms with E-state index in [-0.39, 0.29) is 0 Å². The topological polar surface area (TPSA) is 18.5 Å². The maximum absolute atomic E-state index is 5.50. The summed E-state index contributed by atoms with van der Waals surface area (Å²) in [6.45, 7) is 5.84. The van der Waals surface area contributed by atoms with E-state index in [2.05, 4.69) is 36.6 Å². The van der Waals surface area contributed by atoms with Gasteiger partial charge in [0.05, 0.1) is 13.2 Å². The Kier molecular flexibility index (Phi) is 7.34. The summed E-state index contributed by atoms with van der Waals surface area (Å²) in [5, 5.41) is 1.38. The normalized spacial score (nSPS) is 11.7. The Morgan fingerprint density at radius 3 is 1.89 bits per heavy atom. The summed E-state index contributed by atoms with van der Waals surface area (Å²) in [4.78, 5) is 0. The van der Waals surface area contributed by atoms with Crippen LogP contribution in [-0.2, 0) is 9.47 Å².